The molecular weight excluding hydrogens is 410 g/mol. The molecule has 0 saturated carbocycles. The van der Waals surface area contributed by atoms with Gasteiger partial charge in [0.05, 0.1) is 31.2 Å². The number of aryl methyl sites for hydroxylation is 2. The number of hydrogen-bond donors (Lipinski definition) is 0. The van der Waals surface area contributed by atoms with E-state index in [-0.39, 0.29) is 17.1 Å². The minimum Gasteiger partial charge on any atom is -0.493 e. The van der Waals surface area contributed by atoms with Crippen LogP contribution in [-0.2, 0) is 4.74 Å². The third-order valence-corrected chi connectivity index (χ3v) is 5.87. The second-order valence-corrected chi connectivity index (χ2v) is 7.99. The smallest absolute Gasteiger partial charge is 0.290 e. The predicted octanol–water partition coefficient (Wildman–Crippen LogP) is 4.01. The van der Waals surface area contributed by atoms with Crippen molar-refractivity contribution in [2.75, 3.05) is 34.5 Å². The van der Waals surface area contributed by atoms with Crippen molar-refractivity contribution in [2.45, 2.75) is 26.3 Å². The Morgan fingerprint density at radius 1 is 1.00 bits per heavy atom. The van der Waals surface area contributed by atoms with Crippen molar-refractivity contribution in [1.82, 2.24) is 4.90 Å². The van der Waals surface area contributed by atoms with Gasteiger partial charge in [-0.1, -0.05) is 12.1 Å². The van der Waals surface area contributed by atoms with E-state index in [1.165, 1.54) is 0 Å². The zero-order chi connectivity index (χ0) is 23.0. The second-order valence-electron chi connectivity index (χ2n) is 7.99. The molecule has 7 nitrogen and oxygen atoms in total. The van der Waals surface area contributed by atoms with Gasteiger partial charge in [-0.25, -0.2) is 0 Å². The monoisotopic (exact) mass is 437 g/mol. The molecule has 1 aliphatic heterocycles. The molecule has 1 aromatic heterocycles. The molecule has 1 aliphatic rings. The van der Waals surface area contributed by atoms with Crippen LogP contribution in [-0.4, -0.2) is 45.3 Å². The van der Waals surface area contributed by atoms with E-state index in [0.29, 0.717) is 47.6 Å². The van der Waals surface area contributed by atoms with Crippen LogP contribution < -0.4 is 14.9 Å². The first-order valence-electron chi connectivity index (χ1n) is 10.5. The maximum atomic E-state index is 13.7. The van der Waals surface area contributed by atoms with Gasteiger partial charge < -0.3 is 23.5 Å². The van der Waals surface area contributed by atoms with E-state index >= 15 is 0 Å². The summed E-state index contributed by atoms with van der Waals surface area (Å²) in [4.78, 5) is 28.8. The molecule has 4 rings (SSSR count). The quantitative estimate of drug-likeness (QED) is 0.520. The number of hydrogen-bond acceptors (Lipinski definition) is 6. The summed E-state index contributed by atoms with van der Waals surface area (Å²) in [6.45, 7) is 4.74. The first-order valence-corrected chi connectivity index (χ1v) is 10.5. The molecule has 1 unspecified atom stereocenters. The van der Waals surface area contributed by atoms with Gasteiger partial charge in [0.15, 0.2) is 16.9 Å². The van der Waals surface area contributed by atoms with Crippen molar-refractivity contribution < 1.29 is 23.4 Å². The highest BCUT2D eigenvalue weighted by atomic mass is 16.5. The van der Waals surface area contributed by atoms with Crippen LogP contribution in [0.2, 0.25) is 0 Å². The van der Waals surface area contributed by atoms with Crippen molar-refractivity contribution in [1.29, 1.82) is 0 Å². The minimum atomic E-state index is -0.587. The molecule has 1 amide bonds. The Labute approximate surface area is 186 Å². The molecule has 0 saturated heterocycles. The summed E-state index contributed by atoms with van der Waals surface area (Å²) < 4.78 is 22.1. The molecule has 7 heteroatoms. The molecule has 168 valence electrons. The summed E-state index contributed by atoms with van der Waals surface area (Å²) in [5.74, 6) is 0.907. The van der Waals surface area contributed by atoms with Crippen molar-refractivity contribution in [3.8, 4) is 11.5 Å². The Balaban J connectivity index is 1.95. The van der Waals surface area contributed by atoms with Crippen LogP contribution in [0.3, 0.4) is 0 Å². The first-order chi connectivity index (χ1) is 15.4. The van der Waals surface area contributed by atoms with Gasteiger partial charge in [0.2, 0.25) is 5.76 Å². The van der Waals surface area contributed by atoms with Gasteiger partial charge in [-0.2, -0.15) is 0 Å². The van der Waals surface area contributed by atoms with Crippen LogP contribution in [0.5, 0.6) is 11.5 Å². The average Bonchev–Trinajstić information content (AvgIpc) is 3.06. The highest BCUT2D eigenvalue weighted by Crippen LogP contribution is 2.41. The summed E-state index contributed by atoms with van der Waals surface area (Å²) in [7, 11) is 4.74. The van der Waals surface area contributed by atoms with E-state index in [2.05, 4.69) is 0 Å². The maximum absolute atomic E-state index is 13.7. The summed E-state index contributed by atoms with van der Waals surface area (Å²) >= 11 is 0. The van der Waals surface area contributed by atoms with Crippen LogP contribution in [0.1, 0.15) is 45.3 Å². The van der Waals surface area contributed by atoms with E-state index in [1.807, 2.05) is 32.0 Å². The topological polar surface area (TPSA) is 78.2 Å². The molecule has 3 aromatic rings. The molecule has 2 aromatic carbocycles. The minimum absolute atomic E-state index is 0.103. The number of carbonyl (C=O) groups is 1. The molecular formula is C25H27NO6. The van der Waals surface area contributed by atoms with Gasteiger partial charge in [-0.05, 0) is 55.2 Å². The van der Waals surface area contributed by atoms with E-state index in [4.69, 9.17) is 18.6 Å². The highest BCUT2D eigenvalue weighted by Gasteiger charge is 2.42. The highest BCUT2D eigenvalue weighted by molar-refractivity contribution is 5.99. The molecule has 2 heterocycles. The fourth-order valence-electron chi connectivity index (χ4n) is 4.45. The third kappa shape index (κ3) is 3.52. The predicted molar refractivity (Wildman–Crippen MR) is 121 cm³/mol. The molecule has 0 N–H and O–H groups in total. The van der Waals surface area contributed by atoms with Crippen LogP contribution in [0.25, 0.3) is 11.0 Å². The fourth-order valence-corrected chi connectivity index (χ4v) is 4.45. The van der Waals surface area contributed by atoms with Crippen LogP contribution >= 0.6 is 0 Å². The van der Waals surface area contributed by atoms with Crippen molar-refractivity contribution in [3.05, 3.63) is 68.6 Å². The lowest BCUT2D eigenvalue weighted by molar-refractivity contribution is 0.0707. The van der Waals surface area contributed by atoms with Gasteiger partial charge >= 0.3 is 0 Å². The van der Waals surface area contributed by atoms with Gasteiger partial charge in [0.25, 0.3) is 5.91 Å². The zero-order valence-electron chi connectivity index (χ0n) is 19.0. The number of nitrogens with zero attached hydrogens (tertiary/aromatic N) is 1. The lowest BCUT2D eigenvalue weighted by Gasteiger charge is -2.25. The molecule has 0 radical (unpaired) electrons. The number of fused-ring (bicyclic) bond motifs is 2. The van der Waals surface area contributed by atoms with Gasteiger partial charge in [-0.3, -0.25) is 9.59 Å². The summed E-state index contributed by atoms with van der Waals surface area (Å²) in [5, 5.41) is 0.485. The Morgan fingerprint density at radius 2 is 1.75 bits per heavy atom. The summed E-state index contributed by atoms with van der Waals surface area (Å²) in [6.07, 6.45) is 0.631. The number of rotatable bonds is 7. The van der Waals surface area contributed by atoms with E-state index in [0.717, 1.165) is 16.7 Å². The SMILES string of the molecule is COCCCN1C(=O)c2oc3c(C)cc(C)cc3c(=O)c2C1c1ccc(OC)c(OC)c1. The number of ether oxygens (including phenoxy) is 3. The molecule has 1 atom stereocenters. The largest absolute Gasteiger partial charge is 0.493 e. The normalized spacial score (nSPS) is 15.3. The van der Waals surface area contributed by atoms with Crippen molar-refractivity contribution in [3.63, 3.8) is 0 Å². The first kappa shape index (κ1) is 21.9. The standard InChI is InChI=1S/C25H27NO6/c1-14-11-15(2)23-17(12-14)22(27)20-21(16-7-8-18(30-4)19(13-16)31-5)26(9-6-10-29-3)25(28)24(20)32-23/h7-8,11-13,21H,6,9-10H2,1-5H3. The van der Waals surface area contributed by atoms with Crippen LogP contribution in [0.4, 0.5) is 0 Å². The molecule has 0 bridgehead atoms. The fraction of sp³-hybridized carbons (Fsp3) is 0.360. The Morgan fingerprint density at radius 3 is 2.44 bits per heavy atom. The van der Waals surface area contributed by atoms with E-state index in [1.54, 1.807) is 38.4 Å². The molecule has 0 fully saturated rings. The summed E-state index contributed by atoms with van der Waals surface area (Å²) in [6, 6.07) is 8.61. The number of amides is 1. The Hall–Kier alpha value is -3.32. The number of carbonyl (C=O) groups excluding carboxylic acids is 1. The van der Waals surface area contributed by atoms with Gasteiger partial charge in [0.1, 0.15) is 5.58 Å². The van der Waals surface area contributed by atoms with Gasteiger partial charge in [-0.15, -0.1) is 0 Å². The van der Waals surface area contributed by atoms with E-state index in [9.17, 15) is 9.59 Å². The third-order valence-electron chi connectivity index (χ3n) is 5.87. The van der Waals surface area contributed by atoms with Crippen LogP contribution in [0, 0.1) is 13.8 Å². The summed E-state index contributed by atoms with van der Waals surface area (Å²) in [5.41, 5.74) is 3.17. The van der Waals surface area contributed by atoms with Crippen molar-refractivity contribution >= 4 is 16.9 Å². The molecule has 0 aliphatic carbocycles. The average molecular weight is 437 g/mol. The van der Waals surface area contributed by atoms with Crippen LogP contribution in [0.15, 0.2) is 39.5 Å². The lowest BCUT2D eigenvalue weighted by atomic mass is 9.97. The Kier molecular flexibility index (Phi) is 5.93. The van der Waals surface area contributed by atoms with E-state index < -0.39 is 6.04 Å². The zero-order valence-corrected chi connectivity index (χ0v) is 19.0. The lowest BCUT2D eigenvalue weighted by Crippen LogP contribution is -2.31. The number of benzene rings is 2. The maximum Gasteiger partial charge on any atom is 0.290 e. The Bertz CT molecular complexity index is 1250. The van der Waals surface area contributed by atoms with Gasteiger partial charge in [0, 0.05) is 20.3 Å². The second kappa shape index (κ2) is 8.67. The number of methoxy groups -OCH3 is 3. The molecule has 32 heavy (non-hydrogen) atoms. The molecule has 0 spiro atoms. The van der Waals surface area contributed by atoms with Crippen molar-refractivity contribution in [2.24, 2.45) is 0 Å².